The molecule has 1 aromatic rings. The Morgan fingerprint density at radius 1 is 1.18 bits per heavy atom. The first kappa shape index (κ1) is 18.4. The zero-order chi connectivity index (χ0) is 16.6. The van der Waals surface area contributed by atoms with Crippen molar-refractivity contribution in [2.45, 2.75) is 19.4 Å². The lowest BCUT2D eigenvalue weighted by atomic mass is 10.1. The van der Waals surface area contributed by atoms with Gasteiger partial charge in [0.1, 0.15) is 0 Å². The predicted molar refractivity (Wildman–Crippen MR) is 80.8 cm³/mol. The minimum absolute atomic E-state index is 0.159. The molecule has 0 saturated carbocycles. The summed E-state index contributed by atoms with van der Waals surface area (Å²) in [6, 6.07) is 9.29. The molecule has 22 heavy (non-hydrogen) atoms. The third-order valence-electron chi connectivity index (χ3n) is 3.09. The van der Waals surface area contributed by atoms with Crippen LogP contribution in [0.2, 0.25) is 0 Å². The van der Waals surface area contributed by atoms with Crippen LogP contribution in [0.4, 0.5) is 0 Å². The average Bonchev–Trinajstić information content (AvgIpc) is 2.44. The molecule has 1 aromatic carbocycles. The van der Waals surface area contributed by atoms with Crippen molar-refractivity contribution in [2.24, 2.45) is 5.92 Å². The molecule has 2 atom stereocenters. The fraction of sp³-hybridized carbons (Fsp3) is 0.429. The summed E-state index contributed by atoms with van der Waals surface area (Å²) in [5.41, 5.74) is 0.947. The Bertz CT molecular complexity index is 548. The van der Waals surface area contributed by atoms with E-state index in [-0.39, 0.29) is 19.1 Å². The first-order valence-corrected chi connectivity index (χ1v) is 8.83. The van der Waals surface area contributed by atoms with E-state index in [4.69, 9.17) is 10.2 Å². The Hall–Kier alpha value is -1.69. The van der Waals surface area contributed by atoms with Crippen molar-refractivity contribution in [2.75, 3.05) is 12.4 Å². The Balaban J connectivity index is 2.47. The SMILES string of the molecule is O=C(O)CC[C@H](CP(=O)(O)CNCc1ccccc1)C(=O)O. The van der Waals surface area contributed by atoms with E-state index in [1.807, 2.05) is 30.3 Å². The first-order chi connectivity index (χ1) is 10.3. The topological polar surface area (TPSA) is 124 Å². The van der Waals surface area contributed by atoms with E-state index in [9.17, 15) is 19.0 Å². The molecule has 122 valence electrons. The van der Waals surface area contributed by atoms with E-state index in [1.165, 1.54) is 0 Å². The third-order valence-corrected chi connectivity index (χ3v) is 4.82. The van der Waals surface area contributed by atoms with Gasteiger partial charge in [0, 0.05) is 19.1 Å². The zero-order valence-corrected chi connectivity index (χ0v) is 12.9. The molecule has 1 rings (SSSR count). The summed E-state index contributed by atoms with van der Waals surface area (Å²) in [4.78, 5) is 31.4. The fourth-order valence-corrected chi connectivity index (χ4v) is 3.59. The zero-order valence-electron chi connectivity index (χ0n) is 12.0. The molecule has 0 saturated heterocycles. The normalized spacial score (nSPS) is 15.0. The van der Waals surface area contributed by atoms with Crippen molar-refractivity contribution < 1.29 is 29.3 Å². The maximum absolute atomic E-state index is 12.0. The van der Waals surface area contributed by atoms with Gasteiger partial charge in [-0.2, -0.15) is 0 Å². The summed E-state index contributed by atoms with van der Waals surface area (Å²) in [5, 5.41) is 20.4. The lowest BCUT2D eigenvalue weighted by Crippen LogP contribution is -2.23. The minimum atomic E-state index is -3.68. The van der Waals surface area contributed by atoms with Crippen LogP contribution in [0.1, 0.15) is 18.4 Å². The second-order valence-electron chi connectivity index (χ2n) is 5.07. The molecule has 0 fully saturated rings. The largest absolute Gasteiger partial charge is 0.481 e. The van der Waals surface area contributed by atoms with Crippen LogP contribution < -0.4 is 5.32 Å². The van der Waals surface area contributed by atoms with E-state index in [0.717, 1.165) is 5.56 Å². The number of benzene rings is 1. The summed E-state index contributed by atoms with van der Waals surface area (Å²) in [6.07, 6.45) is -1.14. The van der Waals surface area contributed by atoms with Gasteiger partial charge in [-0.05, 0) is 12.0 Å². The van der Waals surface area contributed by atoms with Crippen molar-refractivity contribution in [1.29, 1.82) is 0 Å². The summed E-state index contributed by atoms with van der Waals surface area (Å²) >= 11 is 0. The van der Waals surface area contributed by atoms with Crippen molar-refractivity contribution >= 4 is 19.3 Å². The third kappa shape index (κ3) is 7.36. The van der Waals surface area contributed by atoms with Crippen molar-refractivity contribution in [1.82, 2.24) is 5.32 Å². The molecule has 0 aromatic heterocycles. The number of hydrogen-bond donors (Lipinski definition) is 4. The molecular weight excluding hydrogens is 309 g/mol. The van der Waals surface area contributed by atoms with Gasteiger partial charge in [0.25, 0.3) is 0 Å². The molecule has 7 nitrogen and oxygen atoms in total. The number of rotatable bonds is 10. The smallest absolute Gasteiger partial charge is 0.307 e. The quantitative estimate of drug-likeness (QED) is 0.480. The van der Waals surface area contributed by atoms with Crippen LogP contribution in [-0.4, -0.2) is 39.5 Å². The van der Waals surface area contributed by atoms with Crippen LogP contribution in [0, 0.1) is 5.92 Å². The molecule has 0 heterocycles. The second-order valence-corrected chi connectivity index (χ2v) is 7.44. The molecule has 0 aliphatic rings. The number of carboxylic acid groups (broad SMARTS) is 2. The average molecular weight is 329 g/mol. The Labute approximate surface area is 128 Å². The van der Waals surface area contributed by atoms with Gasteiger partial charge >= 0.3 is 11.9 Å². The molecule has 1 unspecified atom stereocenters. The molecule has 0 bridgehead atoms. The van der Waals surface area contributed by atoms with Gasteiger partial charge in [-0.25, -0.2) is 0 Å². The van der Waals surface area contributed by atoms with Crippen molar-refractivity contribution in [3.8, 4) is 0 Å². The lowest BCUT2D eigenvalue weighted by Gasteiger charge is -2.17. The van der Waals surface area contributed by atoms with E-state index >= 15 is 0 Å². The molecule has 0 aliphatic heterocycles. The van der Waals surface area contributed by atoms with Gasteiger partial charge in [0.15, 0.2) is 0 Å². The van der Waals surface area contributed by atoms with Crippen LogP contribution in [0.5, 0.6) is 0 Å². The van der Waals surface area contributed by atoms with E-state index < -0.39 is 31.4 Å². The molecule has 0 spiro atoms. The predicted octanol–water partition coefficient (Wildman–Crippen LogP) is 1.57. The van der Waals surface area contributed by atoms with E-state index in [2.05, 4.69) is 5.32 Å². The summed E-state index contributed by atoms with van der Waals surface area (Å²) in [7, 11) is -3.68. The molecule has 0 aliphatic carbocycles. The fourth-order valence-electron chi connectivity index (χ4n) is 1.97. The summed E-state index contributed by atoms with van der Waals surface area (Å²) in [5.74, 6) is -3.51. The number of carboxylic acids is 2. The Kier molecular flexibility index (Phi) is 7.24. The van der Waals surface area contributed by atoms with Gasteiger partial charge in [-0.15, -0.1) is 0 Å². The van der Waals surface area contributed by atoms with Gasteiger partial charge in [0.2, 0.25) is 7.37 Å². The lowest BCUT2D eigenvalue weighted by molar-refractivity contribution is -0.142. The number of carbonyl (C=O) groups is 2. The van der Waals surface area contributed by atoms with E-state index in [1.54, 1.807) is 0 Å². The highest BCUT2D eigenvalue weighted by Crippen LogP contribution is 2.42. The minimum Gasteiger partial charge on any atom is -0.481 e. The molecule has 8 heteroatoms. The first-order valence-electron chi connectivity index (χ1n) is 6.80. The van der Waals surface area contributed by atoms with Crippen LogP contribution in [0.3, 0.4) is 0 Å². The van der Waals surface area contributed by atoms with Crippen molar-refractivity contribution in [3.05, 3.63) is 35.9 Å². The summed E-state index contributed by atoms with van der Waals surface area (Å²) < 4.78 is 12.0. The molecule has 0 amide bonds. The van der Waals surface area contributed by atoms with Crippen LogP contribution in [-0.2, 0) is 20.7 Å². The maximum Gasteiger partial charge on any atom is 0.307 e. The van der Waals surface area contributed by atoms with Gasteiger partial charge in [-0.3, -0.25) is 14.2 Å². The number of aliphatic carboxylic acids is 2. The molecule has 4 N–H and O–H groups in total. The second kappa shape index (κ2) is 8.68. The monoisotopic (exact) mass is 329 g/mol. The maximum atomic E-state index is 12.0. The standard InChI is InChI=1S/C14H20NO6P/c16-13(17)7-6-12(14(18)19)9-22(20,21)10-15-8-11-4-2-1-3-5-11/h1-5,12,15H,6-10H2,(H,16,17)(H,18,19)(H,20,21)/t12-/m1/s1. The summed E-state index contributed by atoms with van der Waals surface area (Å²) in [6.45, 7) is 0.401. The van der Waals surface area contributed by atoms with Gasteiger partial charge in [0.05, 0.1) is 12.2 Å². The highest BCUT2D eigenvalue weighted by atomic mass is 31.2. The van der Waals surface area contributed by atoms with Crippen molar-refractivity contribution in [3.63, 3.8) is 0 Å². The highest BCUT2D eigenvalue weighted by molar-refractivity contribution is 7.57. The Morgan fingerprint density at radius 2 is 1.82 bits per heavy atom. The van der Waals surface area contributed by atoms with Crippen LogP contribution in [0.15, 0.2) is 30.3 Å². The highest BCUT2D eigenvalue weighted by Gasteiger charge is 2.28. The number of hydrogen-bond acceptors (Lipinski definition) is 4. The van der Waals surface area contributed by atoms with Gasteiger partial charge in [-0.1, -0.05) is 30.3 Å². The van der Waals surface area contributed by atoms with Crippen LogP contribution >= 0.6 is 7.37 Å². The molecular formula is C14H20NO6P. The van der Waals surface area contributed by atoms with E-state index in [0.29, 0.717) is 6.54 Å². The van der Waals surface area contributed by atoms with Crippen LogP contribution in [0.25, 0.3) is 0 Å². The molecule has 0 radical (unpaired) electrons. The van der Waals surface area contributed by atoms with Gasteiger partial charge < -0.3 is 20.4 Å². The Morgan fingerprint density at radius 3 is 2.36 bits per heavy atom. The number of nitrogens with one attached hydrogen (secondary N) is 1.